The van der Waals surface area contributed by atoms with Gasteiger partial charge in [-0.25, -0.2) is 0 Å². The maximum absolute atomic E-state index is 9.09. The zero-order valence-electron chi connectivity index (χ0n) is 8.20. The van der Waals surface area contributed by atoms with E-state index in [4.69, 9.17) is 16.1 Å². The molecule has 0 saturated heterocycles. The maximum Gasteiger partial charge on any atom is 0.0685 e. The van der Waals surface area contributed by atoms with E-state index in [1.165, 1.54) is 0 Å². The van der Waals surface area contributed by atoms with Crippen LogP contribution in [0.15, 0.2) is 18.2 Å². The highest BCUT2D eigenvalue weighted by Crippen LogP contribution is 2.20. The van der Waals surface area contributed by atoms with Crippen molar-refractivity contribution in [2.24, 2.45) is 5.73 Å². The molecule has 0 fully saturated rings. The SMILES string of the molecule is Cc1ccc(CO)c([C@H](N)CC#N)c1. The van der Waals surface area contributed by atoms with Crippen LogP contribution in [0.3, 0.4) is 0 Å². The molecule has 1 aromatic rings. The van der Waals surface area contributed by atoms with Gasteiger partial charge in [0.1, 0.15) is 0 Å². The molecule has 1 aromatic carbocycles. The first-order valence-corrected chi connectivity index (χ1v) is 4.52. The quantitative estimate of drug-likeness (QED) is 0.756. The summed E-state index contributed by atoms with van der Waals surface area (Å²) in [4.78, 5) is 0. The lowest BCUT2D eigenvalue weighted by Gasteiger charge is -2.13. The Balaban J connectivity index is 3.04. The van der Waals surface area contributed by atoms with Crippen LogP contribution in [0.2, 0.25) is 0 Å². The van der Waals surface area contributed by atoms with Gasteiger partial charge in [-0.1, -0.05) is 23.8 Å². The summed E-state index contributed by atoms with van der Waals surface area (Å²) in [6.07, 6.45) is 0.274. The third-order valence-corrected chi connectivity index (χ3v) is 2.18. The van der Waals surface area contributed by atoms with Crippen LogP contribution >= 0.6 is 0 Å². The van der Waals surface area contributed by atoms with Crippen molar-refractivity contribution in [1.82, 2.24) is 0 Å². The molecular weight excluding hydrogens is 176 g/mol. The zero-order valence-corrected chi connectivity index (χ0v) is 8.20. The summed E-state index contributed by atoms with van der Waals surface area (Å²) in [7, 11) is 0. The molecule has 0 heterocycles. The number of rotatable bonds is 3. The molecule has 0 aromatic heterocycles. The van der Waals surface area contributed by atoms with E-state index >= 15 is 0 Å². The molecule has 14 heavy (non-hydrogen) atoms. The molecule has 0 amide bonds. The minimum absolute atomic E-state index is 0.0330. The van der Waals surface area contributed by atoms with Crippen LogP contribution < -0.4 is 5.73 Å². The van der Waals surface area contributed by atoms with Gasteiger partial charge in [-0.05, 0) is 18.1 Å². The molecule has 0 radical (unpaired) electrons. The number of benzene rings is 1. The van der Waals surface area contributed by atoms with Gasteiger partial charge in [-0.2, -0.15) is 5.26 Å². The van der Waals surface area contributed by atoms with Crippen molar-refractivity contribution >= 4 is 0 Å². The number of nitriles is 1. The second-order valence-electron chi connectivity index (χ2n) is 3.33. The predicted octanol–water partition coefficient (Wildman–Crippen LogP) is 1.40. The van der Waals surface area contributed by atoms with Crippen molar-refractivity contribution in [3.8, 4) is 6.07 Å². The van der Waals surface area contributed by atoms with Crippen LogP contribution in [0.25, 0.3) is 0 Å². The summed E-state index contributed by atoms with van der Waals surface area (Å²) < 4.78 is 0. The van der Waals surface area contributed by atoms with E-state index in [2.05, 4.69) is 0 Å². The van der Waals surface area contributed by atoms with Crippen LogP contribution in [0.4, 0.5) is 0 Å². The molecule has 0 aliphatic rings. The van der Waals surface area contributed by atoms with Crippen molar-refractivity contribution in [2.75, 3.05) is 0 Å². The Labute approximate surface area is 83.8 Å². The fraction of sp³-hybridized carbons (Fsp3) is 0.364. The topological polar surface area (TPSA) is 70.0 Å². The fourth-order valence-corrected chi connectivity index (χ4v) is 1.41. The average Bonchev–Trinajstić information content (AvgIpc) is 2.18. The van der Waals surface area contributed by atoms with E-state index in [0.29, 0.717) is 0 Å². The molecule has 3 N–H and O–H groups in total. The van der Waals surface area contributed by atoms with Crippen LogP contribution in [0.5, 0.6) is 0 Å². The Morgan fingerprint density at radius 2 is 2.29 bits per heavy atom. The smallest absolute Gasteiger partial charge is 0.0685 e. The largest absolute Gasteiger partial charge is 0.392 e. The summed E-state index contributed by atoms with van der Waals surface area (Å²) >= 11 is 0. The predicted molar refractivity (Wildman–Crippen MR) is 54.3 cm³/mol. The molecule has 74 valence electrons. The van der Waals surface area contributed by atoms with Gasteiger partial charge in [0.2, 0.25) is 0 Å². The molecule has 0 aliphatic carbocycles. The highest BCUT2D eigenvalue weighted by atomic mass is 16.3. The van der Waals surface area contributed by atoms with Crippen LogP contribution in [-0.4, -0.2) is 5.11 Å². The van der Waals surface area contributed by atoms with Gasteiger partial charge in [0, 0.05) is 6.04 Å². The first-order valence-electron chi connectivity index (χ1n) is 4.52. The standard InChI is InChI=1S/C11H14N2O/c1-8-2-3-9(7-14)10(6-8)11(13)4-5-12/h2-3,6,11,14H,4,7,13H2,1H3/t11-/m1/s1. The van der Waals surface area contributed by atoms with Crippen LogP contribution in [0.1, 0.15) is 29.2 Å². The molecular formula is C11H14N2O. The first kappa shape index (κ1) is 10.7. The lowest BCUT2D eigenvalue weighted by Crippen LogP contribution is -2.12. The van der Waals surface area contributed by atoms with Crippen molar-refractivity contribution in [1.29, 1.82) is 5.26 Å². The van der Waals surface area contributed by atoms with Gasteiger partial charge in [0.25, 0.3) is 0 Å². The number of hydrogen-bond acceptors (Lipinski definition) is 3. The number of hydrogen-bond donors (Lipinski definition) is 2. The van der Waals surface area contributed by atoms with Gasteiger partial charge in [-0.15, -0.1) is 0 Å². The number of nitrogens with two attached hydrogens (primary N) is 1. The van der Waals surface area contributed by atoms with E-state index in [0.717, 1.165) is 16.7 Å². The highest BCUT2D eigenvalue weighted by Gasteiger charge is 2.10. The lowest BCUT2D eigenvalue weighted by atomic mass is 9.97. The minimum Gasteiger partial charge on any atom is -0.392 e. The van der Waals surface area contributed by atoms with E-state index in [-0.39, 0.29) is 19.1 Å². The Bertz CT molecular complexity index is 355. The molecule has 1 rings (SSSR count). The third kappa shape index (κ3) is 2.32. The van der Waals surface area contributed by atoms with Crippen LogP contribution in [0, 0.1) is 18.3 Å². The van der Waals surface area contributed by atoms with E-state index in [1.807, 2.05) is 31.2 Å². The van der Waals surface area contributed by atoms with E-state index in [9.17, 15) is 0 Å². The number of nitrogens with zero attached hydrogens (tertiary/aromatic N) is 1. The summed E-state index contributed by atoms with van der Waals surface area (Å²) in [6, 6.07) is 7.42. The van der Waals surface area contributed by atoms with Gasteiger partial charge >= 0.3 is 0 Å². The molecule has 0 saturated carbocycles. The lowest BCUT2D eigenvalue weighted by molar-refractivity contribution is 0.280. The van der Waals surface area contributed by atoms with E-state index < -0.39 is 0 Å². The third-order valence-electron chi connectivity index (χ3n) is 2.18. The van der Waals surface area contributed by atoms with Gasteiger partial charge in [0.15, 0.2) is 0 Å². The van der Waals surface area contributed by atoms with Crippen molar-refractivity contribution in [3.05, 3.63) is 34.9 Å². The molecule has 1 atom stereocenters. The van der Waals surface area contributed by atoms with Crippen molar-refractivity contribution < 1.29 is 5.11 Å². The second-order valence-corrected chi connectivity index (χ2v) is 3.33. The normalized spacial score (nSPS) is 12.1. The van der Waals surface area contributed by atoms with Crippen molar-refractivity contribution in [3.63, 3.8) is 0 Å². The Hall–Kier alpha value is -1.37. The van der Waals surface area contributed by atoms with E-state index in [1.54, 1.807) is 0 Å². The Morgan fingerprint density at radius 1 is 1.57 bits per heavy atom. The molecule has 3 nitrogen and oxygen atoms in total. The maximum atomic E-state index is 9.09. The van der Waals surface area contributed by atoms with Gasteiger partial charge in [-0.3, -0.25) is 0 Å². The monoisotopic (exact) mass is 190 g/mol. The number of aliphatic hydroxyl groups is 1. The highest BCUT2D eigenvalue weighted by molar-refractivity contribution is 5.33. The fourth-order valence-electron chi connectivity index (χ4n) is 1.41. The Morgan fingerprint density at radius 3 is 2.86 bits per heavy atom. The molecule has 0 bridgehead atoms. The van der Waals surface area contributed by atoms with Crippen LogP contribution in [-0.2, 0) is 6.61 Å². The summed E-state index contributed by atoms with van der Waals surface area (Å²) in [6.45, 7) is 1.93. The van der Waals surface area contributed by atoms with Gasteiger partial charge < -0.3 is 10.8 Å². The summed E-state index contributed by atoms with van der Waals surface area (Å²) in [5.41, 5.74) is 8.58. The van der Waals surface area contributed by atoms with Gasteiger partial charge in [0.05, 0.1) is 19.1 Å². The number of aryl methyl sites for hydroxylation is 1. The Kier molecular flexibility index (Phi) is 3.63. The molecule has 0 aliphatic heterocycles. The molecule has 0 unspecified atom stereocenters. The summed E-state index contributed by atoms with van der Waals surface area (Å²) in [5.74, 6) is 0. The number of aliphatic hydroxyl groups excluding tert-OH is 1. The molecule has 3 heteroatoms. The average molecular weight is 190 g/mol. The molecule has 0 spiro atoms. The van der Waals surface area contributed by atoms with Crippen molar-refractivity contribution in [2.45, 2.75) is 26.0 Å². The first-order chi connectivity index (χ1) is 6.69. The minimum atomic E-state index is -0.304. The summed E-state index contributed by atoms with van der Waals surface area (Å²) in [5, 5.41) is 17.6. The second kappa shape index (κ2) is 4.75. The zero-order chi connectivity index (χ0) is 10.6.